The Bertz CT molecular complexity index is 532. The molecule has 1 amide bonds. The maximum atomic E-state index is 12.5. The van der Waals surface area contributed by atoms with Crippen molar-refractivity contribution in [2.75, 3.05) is 45.9 Å². The second-order valence-corrected chi connectivity index (χ2v) is 6.94. The number of benzene rings is 1. The summed E-state index contributed by atoms with van der Waals surface area (Å²) in [5.41, 5.74) is 2.17. The standard InChI is InChI=1S/C19H28N2O3/c1-15-2-4-16(5-3-15)18(22)14-20-8-6-17(7-9-20)19(23)21-10-12-24-13-11-21/h2-5,17-18,22H,6-14H2,1H3. The van der Waals surface area contributed by atoms with Gasteiger partial charge in [0.25, 0.3) is 0 Å². The normalized spacial score (nSPS) is 21.7. The van der Waals surface area contributed by atoms with E-state index in [-0.39, 0.29) is 11.8 Å². The van der Waals surface area contributed by atoms with Gasteiger partial charge in [-0.1, -0.05) is 29.8 Å². The zero-order valence-electron chi connectivity index (χ0n) is 14.5. The topological polar surface area (TPSA) is 53.0 Å². The summed E-state index contributed by atoms with van der Waals surface area (Å²) in [5.74, 6) is 0.424. The number of ether oxygens (including phenoxy) is 1. The molecular formula is C19H28N2O3. The van der Waals surface area contributed by atoms with Crippen LogP contribution in [0.15, 0.2) is 24.3 Å². The number of hydrogen-bond donors (Lipinski definition) is 1. The van der Waals surface area contributed by atoms with Crippen molar-refractivity contribution < 1.29 is 14.6 Å². The van der Waals surface area contributed by atoms with E-state index in [9.17, 15) is 9.90 Å². The number of rotatable bonds is 4. The molecule has 2 aliphatic heterocycles. The molecule has 1 N–H and O–H groups in total. The third-order valence-corrected chi connectivity index (χ3v) is 5.15. The van der Waals surface area contributed by atoms with E-state index >= 15 is 0 Å². The van der Waals surface area contributed by atoms with Gasteiger partial charge in [0.2, 0.25) is 5.91 Å². The van der Waals surface area contributed by atoms with E-state index in [1.54, 1.807) is 0 Å². The third kappa shape index (κ3) is 4.35. The number of aliphatic hydroxyl groups is 1. The highest BCUT2D eigenvalue weighted by Crippen LogP contribution is 2.23. The second-order valence-electron chi connectivity index (χ2n) is 6.94. The van der Waals surface area contributed by atoms with Crippen molar-refractivity contribution in [3.8, 4) is 0 Å². The monoisotopic (exact) mass is 332 g/mol. The summed E-state index contributed by atoms with van der Waals surface area (Å²) >= 11 is 0. The Balaban J connectivity index is 1.46. The molecule has 0 aromatic heterocycles. The molecule has 2 fully saturated rings. The fraction of sp³-hybridized carbons (Fsp3) is 0.632. The van der Waals surface area contributed by atoms with Crippen LogP contribution in [0, 0.1) is 12.8 Å². The molecule has 1 atom stereocenters. The summed E-state index contributed by atoms with van der Waals surface area (Å²) in [6.45, 7) is 7.22. The first-order valence-electron chi connectivity index (χ1n) is 8.97. The quantitative estimate of drug-likeness (QED) is 0.910. The smallest absolute Gasteiger partial charge is 0.225 e. The minimum absolute atomic E-state index is 0.135. The van der Waals surface area contributed by atoms with Gasteiger partial charge in [0, 0.05) is 25.6 Å². The first kappa shape index (κ1) is 17.4. The fourth-order valence-electron chi connectivity index (χ4n) is 3.54. The van der Waals surface area contributed by atoms with Crippen LogP contribution in [0.25, 0.3) is 0 Å². The molecular weight excluding hydrogens is 304 g/mol. The van der Waals surface area contributed by atoms with Crippen LogP contribution in [0.2, 0.25) is 0 Å². The lowest BCUT2D eigenvalue weighted by molar-refractivity contribution is -0.141. The minimum atomic E-state index is -0.461. The van der Waals surface area contributed by atoms with Crippen LogP contribution >= 0.6 is 0 Å². The summed E-state index contributed by atoms with van der Waals surface area (Å²) in [7, 11) is 0. The number of nitrogens with zero attached hydrogens (tertiary/aromatic N) is 2. The van der Waals surface area contributed by atoms with Crippen molar-refractivity contribution >= 4 is 5.91 Å². The zero-order valence-corrected chi connectivity index (χ0v) is 14.5. The lowest BCUT2D eigenvalue weighted by atomic mass is 9.94. The van der Waals surface area contributed by atoms with Gasteiger partial charge < -0.3 is 19.6 Å². The number of β-amino-alcohol motifs (C(OH)–C–C–N with tert-alkyl or cyclic N) is 1. The molecule has 2 saturated heterocycles. The van der Waals surface area contributed by atoms with E-state index in [2.05, 4.69) is 4.90 Å². The van der Waals surface area contributed by atoms with Crippen LogP contribution in [-0.2, 0) is 9.53 Å². The number of likely N-dealkylation sites (tertiary alicyclic amines) is 1. The second kappa shape index (κ2) is 8.10. The van der Waals surface area contributed by atoms with Crippen molar-refractivity contribution in [2.24, 2.45) is 5.92 Å². The average Bonchev–Trinajstić information content (AvgIpc) is 2.63. The summed E-state index contributed by atoms with van der Waals surface area (Å²) in [4.78, 5) is 16.8. The van der Waals surface area contributed by atoms with Gasteiger partial charge in [-0.15, -0.1) is 0 Å². The molecule has 132 valence electrons. The van der Waals surface area contributed by atoms with Gasteiger partial charge in [0.1, 0.15) is 0 Å². The van der Waals surface area contributed by atoms with Crippen molar-refractivity contribution in [2.45, 2.75) is 25.9 Å². The van der Waals surface area contributed by atoms with Gasteiger partial charge in [0.15, 0.2) is 0 Å². The predicted molar refractivity (Wildman–Crippen MR) is 92.7 cm³/mol. The molecule has 1 aromatic rings. The maximum absolute atomic E-state index is 12.5. The Morgan fingerprint density at radius 1 is 1.17 bits per heavy atom. The van der Waals surface area contributed by atoms with E-state index in [0.29, 0.717) is 19.8 Å². The van der Waals surface area contributed by atoms with Gasteiger partial charge in [-0.3, -0.25) is 4.79 Å². The molecule has 0 bridgehead atoms. The van der Waals surface area contributed by atoms with Crippen LogP contribution in [0.3, 0.4) is 0 Å². The van der Waals surface area contributed by atoms with Crippen LogP contribution in [0.1, 0.15) is 30.1 Å². The molecule has 5 heteroatoms. The molecule has 3 rings (SSSR count). The first-order chi connectivity index (χ1) is 11.6. The highest BCUT2D eigenvalue weighted by Gasteiger charge is 2.29. The molecule has 1 unspecified atom stereocenters. The van der Waals surface area contributed by atoms with Gasteiger partial charge in [-0.25, -0.2) is 0 Å². The summed E-state index contributed by atoms with van der Waals surface area (Å²) < 4.78 is 5.32. The number of morpholine rings is 1. The van der Waals surface area contributed by atoms with Crippen LogP contribution in [-0.4, -0.2) is 66.8 Å². The highest BCUT2D eigenvalue weighted by atomic mass is 16.5. The predicted octanol–water partition coefficient (Wildman–Crippen LogP) is 1.60. The number of hydrogen-bond acceptors (Lipinski definition) is 4. The zero-order chi connectivity index (χ0) is 16.9. The largest absolute Gasteiger partial charge is 0.387 e. The molecule has 0 radical (unpaired) electrons. The van der Waals surface area contributed by atoms with Crippen molar-refractivity contribution in [1.29, 1.82) is 0 Å². The van der Waals surface area contributed by atoms with E-state index < -0.39 is 6.10 Å². The minimum Gasteiger partial charge on any atom is -0.387 e. The summed E-state index contributed by atoms with van der Waals surface area (Å²) in [6, 6.07) is 8.06. The molecule has 2 aliphatic rings. The van der Waals surface area contributed by atoms with Crippen LogP contribution < -0.4 is 0 Å². The van der Waals surface area contributed by atoms with E-state index in [4.69, 9.17) is 4.74 Å². The van der Waals surface area contributed by atoms with Crippen molar-refractivity contribution in [3.63, 3.8) is 0 Å². The van der Waals surface area contributed by atoms with Crippen molar-refractivity contribution in [1.82, 2.24) is 9.80 Å². The molecule has 2 heterocycles. The molecule has 0 saturated carbocycles. The number of amides is 1. The van der Waals surface area contributed by atoms with E-state index in [0.717, 1.165) is 44.6 Å². The number of piperidine rings is 1. The van der Waals surface area contributed by atoms with Crippen molar-refractivity contribution in [3.05, 3.63) is 35.4 Å². The molecule has 0 aliphatic carbocycles. The fourth-order valence-corrected chi connectivity index (χ4v) is 3.54. The maximum Gasteiger partial charge on any atom is 0.225 e. The molecule has 24 heavy (non-hydrogen) atoms. The SMILES string of the molecule is Cc1ccc(C(O)CN2CCC(C(=O)N3CCOCC3)CC2)cc1. The molecule has 0 spiro atoms. The third-order valence-electron chi connectivity index (χ3n) is 5.15. The Labute approximate surface area is 144 Å². The average molecular weight is 332 g/mol. The Morgan fingerprint density at radius 3 is 2.42 bits per heavy atom. The Morgan fingerprint density at radius 2 is 1.79 bits per heavy atom. The van der Waals surface area contributed by atoms with E-state index in [1.807, 2.05) is 36.1 Å². The highest BCUT2D eigenvalue weighted by molar-refractivity contribution is 5.79. The Kier molecular flexibility index (Phi) is 5.87. The number of aliphatic hydroxyl groups excluding tert-OH is 1. The summed E-state index contributed by atoms with van der Waals surface area (Å²) in [5, 5.41) is 10.4. The first-order valence-corrected chi connectivity index (χ1v) is 8.97. The Hall–Kier alpha value is -1.43. The molecule has 5 nitrogen and oxygen atoms in total. The van der Waals surface area contributed by atoms with Crippen LogP contribution in [0.4, 0.5) is 0 Å². The van der Waals surface area contributed by atoms with Gasteiger partial charge in [-0.2, -0.15) is 0 Å². The number of aryl methyl sites for hydroxylation is 1. The molecule has 1 aromatic carbocycles. The number of carbonyl (C=O) groups excluding carboxylic acids is 1. The van der Waals surface area contributed by atoms with Gasteiger partial charge >= 0.3 is 0 Å². The van der Waals surface area contributed by atoms with E-state index in [1.165, 1.54) is 5.56 Å². The summed E-state index contributed by atoms with van der Waals surface area (Å²) in [6.07, 6.45) is 1.31. The number of carbonyl (C=O) groups is 1. The van der Waals surface area contributed by atoms with Crippen LogP contribution in [0.5, 0.6) is 0 Å². The lowest BCUT2D eigenvalue weighted by Crippen LogP contribution is -2.47. The lowest BCUT2D eigenvalue weighted by Gasteiger charge is -2.36. The van der Waals surface area contributed by atoms with Gasteiger partial charge in [0.05, 0.1) is 19.3 Å². The van der Waals surface area contributed by atoms with Gasteiger partial charge in [-0.05, 0) is 38.4 Å².